The zero-order chi connectivity index (χ0) is 15.2. The first-order valence-electron chi connectivity index (χ1n) is 6.92. The molecule has 1 aromatic carbocycles. The minimum absolute atomic E-state index is 0.199. The second kappa shape index (κ2) is 7.09. The Labute approximate surface area is 129 Å². The third-order valence-corrected chi connectivity index (χ3v) is 3.42. The number of pyridine rings is 1. The Morgan fingerprint density at radius 2 is 2.00 bits per heavy atom. The van der Waals surface area contributed by atoms with Gasteiger partial charge in [0.05, 0.1) is 11.9 Å². The maximum absolute atomic E-state index is 12.1. The van der Waals surface area contributed by atoms with Crippen LogP contribution in [-0.4, -0.2) is 24.0 Å². The third-order valence-electron chi connectivity index (χ3n) is 3.18. The fraction of sp³-hybridized carbons (Fsp3) is 0.250. The van der Waals surface area contributed by atoms with Crippen molar-refractivity contribution in [3.8, 4) is 0 Å². The molecule has 1 N–H and O–H groups in total. The summed E-state index contributed by atoms with van der Waals surface area (Å²) >= 11 is 5.88. The van der Waals surface area contributed by atoms with E-state index in [1.165, 1.54) is 0 Å². The molecule has 2 rings (SSSR count). The van der Waals surface area contributed by atoms with Crippen molar-refractivity contribution in [1.29, 1.82) is 0 Å². The first-order chi connectivity index (χ1) is 10.1. The predicted octanol–water partition coefficient (Wildman–Crippen LogP) is 3.83. The molecule has 0 saturated carbocycles. The Bertz CT molecular complexity index is 609. The van der Waals surface area contributed by atoms with E-state index in [-0.39, 0.29) is 5.91 Å². The summed E-state index contributed by atoms with van der Waals surface area (Å²) in [5, 5.41) is 3.35. The Hall–Kier alpha value is -2.07. The molecule has 0 fully saturated rings. The van der Waals surface area contributed by atoms with Gasteiger partial charge < -0.3 is 10.2 Å². The van der Waals surface area contributed by atoms with Gasteiger partial charge in [0.25, 0.3) is 5.91 Å². The summed E-state index contributed by atoms with van der Waals surface area (Å²) < 4.78 is 0. The maximum Gasteiger partial charge on any atom is 0.255 e. The highest BCUT2D eigenvalue weighted by atomic mass is 35.5. The van der Waals surface area contributed by atoms with Crippen LogP contribution in [0, 0.1) is 0 Å². The first-order valence-corrected chi connectivity index (χ1v) is 7.29. The summed E-state index contributed by atoms with van der Waals surface area (Å²) in [5.41, 5.74) is 1.19. The highest BCUT2D eigenvalue weighted by molar-refractivity contribution is 6.31. The average Bonchev–Trinajstić information content (AvgIpc) is 2.50. The number of benzene rings is 1. The zero-order valence-electron chi connectivity index (χ0n) is 12.1. The van der Waals surface area contributed by atoms with Crippen molar-refractivity contribution in [2.24, 2.45) is 0 Å². The van der Waals surface area contributed by atoms with Gasteiger partial charge in [-0.15, -0.1) is 0 Å². The molecule has 0 aliphatic heterocycles. The summed E-state index contributed by atoms with van der Waals surface area (Å²) in [6.45, 7) is 5.97. The van der Waals surface area contributed by atoms with Crippen LogP contribution in [0.15, 0.2) is 42.6 Å². The van der Waals surface area contributed by atoms with E-state index in [2.05, 4.69) is 29.0 Å². The number of nitrogens with zero attached hydrogens (tertiary/aromatic N) is 2. The van der Waals surface area contributed by atoms with Gasteiger partial charge in [0.15, 0.2) is 0 Å². The van der Waals surface area contributed by atoms with Crippen molar-refractivity contribution in [3.05, 3.63) is 53.2 Å². The number of carbonyl (C=O) groups excluding carboxylic acids is 1. The van der Waals surface area contributed by atoms with E-state index in [0.717, 1.165) is 18.9 Å². The van der Waals surface area contributed by atoms with Gasteiger partial charge in [-0.2, -0.15) is 0 Å². The molecule has 21 heavy (non-hydrogen) atoms. The molecule has 1 aromatic heterocycles. The molecule has 1 amide bonds. The van der Waals surface area contributed by atoms with Gasteiger partial charge >= 0.3 is 0 Å². The molecule has 0 spiro atoms. The number of hydrogen-bond donors (Lipinski definition) is 1. The Morgan fingerprint density at radius 3 is 2.57 bits per heavy atom. The molecule has 0 unspecified atom stereocenters. The van der Waals surface area contributed by atoms with Crippen LogP contribution in [0.3, 0.4) is 0 Å². The van der Waals surface area contributed by atoms with Crippen LogP contribution >= 0.6 is 11.6 Å². The average molecular weight is 304 g/mol. The standard InChI is InChI=1S/C16H18ClN3O/c1-3-20(4-2)15-9-8-14(11-18-15)19-16(21)12-6-5-7-13(17)10-12/h5-11H,3-4H2,1-2H3,(H,19,21). The van der Waals surface area contributed by atoms with Gasteiger partial charge in [-0.25, -0.2) is 4.98 Å². The third kappa shape index (κ3) is 3.95. The molecule has 1 heterocycles. The summed E-state index contributed by atoms with van der Waals surface area (Å²) in [4.78, 5) is 18.6. The normalized spacial score (nSPS) is 10.2. The van der Waals surface area contributed by atoms with Gasteiger partial charge in [0.2, 0.25) is 0 Å². The number of anilines is 2. The molecule has 0 aliphatic rings. The van der Waals surface area contributed by atoms with Gasteiger partial charge in [-0.3, -0.25) is 4.79 Å². The molecule has 0 atom stereocenters. The molecule has 2 aromatic rings. The van der Waals surface area contributed by atoms with Crippen LogP contribution in [0.5, 0.6) is 0 Å². The van der Waals surface area contributed by atoms with Gasteiger partial charge in [-0.05, 0) is 44.2 Å². The second-order valence-corrected chi connectivity index (χ2v) is 4.98. The summed E-state index contributed by atoms with van der Waals surface area (Å²) in [6.07, 6.45) is 1.66. The van der Waals surface area contributed by atoms with Crippen LogP contribution < -0.4 is 10.2 Å². The summed E-state index contributed by atoms with van der Waals surface area (Å²) in [7, 11) is 0. The number of halogens is 1. The SMILES string of the molecule is CCN(CC)c1ccc(NC(=O)c2cccc(Cl)c2)cn1. The number of amides is 1. The minimum atomic E-state index is -0.199. The molecule has 4 nitrogen and oxygen atoms in total. The number of nitrogens with one attached hydrogen (secondary N) is 1. The van der Waals surface area contributed by atoms with Crippen LogP contribution in [0.4, 0.5) is 11.5 Å². The van der Waals surface area contributed by atoms with Crippen LogP contribution in [-0.2, 0) is 0 Å². The van der Waals surface area contributed by atoms with E-state index in [1.807, 2.05) is 12.1 Å². The molecule has 0 bridgehead atoms. The quantitative estimate of drug-likeness (QED) is 0.913. The highest BCUT2D eigenvalue weighted by Crippen LogP contribution is 2.16. The predicted molar refractivity (Wildman–Crippen MR) is 87.2 cm³/mol. The van der Waals surface area contributed by atoms with E-state index >= 15 is 0 Å². The van der Waals surface area contributed by atoms with Crippen molar-refractivity contribution in [2.75, 3.05) is 23.3 Å². The van der Waals surface area contributed by atoms with Crippen molar-refractivity contribution in [3.63, 3.8) is 0 Å². The van der Waals surface area contributed by atoms with E-state index in [1.54, 1.807) is 30.5 Å². The van der Waals surface area contributed by atoms with Gasteiger partial charge in [-0.1, -0.05) is 17.7 Å². The van der Waals surface area contributed by atoms with Gasteiger partial charge in [0.1, 0.15) is 5.82 Å². The van der Waals surface area contributed by atoms with E-state index < -0.39 is 0 Å². The van der Waals surface area contributed by atoms with Crippen molar-refractivity contribution < 1.29 is 4.79 Å². The van der Waals surface area contributed by atoms with Crippen molar-refractivity contribution in [1.82, 2.24) is 4.98 Å². The lowest BCUT2D eigenvalue weighted by molar-refractivity contribution is 0.102. The first kappa shape index (κ1) is 15.3. The lowest BCUT2D eigenvalue weighted by Crippen LogP contribution is -2.22. The van der Waals surface area contributed by atoms with Crippen LogP contribution in [0.1, 0.15) is 24.2 Å². The number of hydrogen-bond acceptors (Lipinski definition) is 3. The minimum Gasteiger partial charge on any atom is -0.357 e. The van der Waals surface area contributed by atoms with E-state index in [0.29, 0.717) is 16.3 Å². The Balaban J connectivity index is 2.08. The molecule has 110 valence electrons. The number of rotatable bonds is 5. The van der Waals surface area contributed by atoms with E-state index in [9.17, 15) is 4.79 Å². The number of carbonyl (C=O) groups is 1. The Kier molecular flexibility index (Phi) is 5.17. The molecule has 5 heteroatoms. The monoisotopic (exact) mass is 303 g/mol. The second-order valence-electron chi connectivity index (χ2n) is 4.54. The fourth-order valence-corrected chi connectivity index (χ4v) is 2.22. The largest absolute Gasteiger partial charge is 0.357 e. The maximum atomic E-state index is 12.1. The highest BCUT2D eigenvalue weighted by Gasteiger charge is 2.08. The zero-order valence-corrected chi connectivity index (χ0v) is 12.9. The van der Waals surface area contributed by atoms with E-state index in [4.69, 9.17) is 11.6 Å². The topological polar surface area (TPSA) is 45.2 Å². The lowest BCUT2D eigenvalue weighted by Gasteiger charge is -2.19. The number of aromatic nitrogens is 1. The fourth-order valence-electron chi connectivity index (χ4n) is 2.03. The molecule has 0 radical (unpaired) electrons. The summed E-state index contributed by atoms with van der Waals surface area (Å²) in [5.74, 6) is 0.704. The smallest absolute Gasteiger partial charge is 0.255 e. The van der Waals surface area contributed by atoms with Gasteiger partial charge in [0, 0.05) is 23.7 Å². The van der Waals surface area contributed by atoms with Crippen LogP contribution in [0.25, 0.3) is 0 Å². The molecular formula is C16H18ClN3O. The Morgan fingerprint density at radius 1 is 1.24 bits per heavy atom. The van der Waals surface area contributed by atoms with Crippen LogP contribution in [0.2, 0.25) is 5.02 Å². The lowest BCUT2D eigenvalue weighted by atomic mass is 10.2. The summed E-state index contributed by atoms with van der Waals surface area (Å²) in [6, 6.07) is 10.6. The molecule has 0 saturated heterocycles. The van der Waals surface area contributed by atoms with Crippen molar-refractivity contribution >= 4 is 29.0 Å². The van der Waals surface area contributed by atoms with Crippen molar-refractivity contribution in [2.45, 2.75) is 13.8 Å². The molecule has 0 aliphatic carbocycles. The molecular weight excluding hydrogens is 286 g/mol.